The number of hydrogen-bond acceptors (Lipinski definition) is 6. The number of fused-ring (bicyclic) bond motifs is 1. The van der Waals surface area contributed by atoms with Crippen LogP contribution < -0.4 is 5.32 Å². The third-order valence-corrected chi connectivity index (χ3v) is 3.13. The smallest absolute Gasteiger partial charge is 0.369 e. The molecular formula is C12H13F3N8. The van der Waals surface area contributed by atoms with Crippen molar-refractivity contribution in [1.29, 1.82) is 0 Å². The molecule has 0 aromatic carbocycles. The zero-order valence-electron chi connectivity index (χ0n) is 11.9. The minimum atomic E-state index is -4.59. The predicted octanol–water partition coefficient (Wildman–Crippen LogP) is 1.63. The van der Waals surface area contributed by atoms with E-state index >= 15 is 0 Å². The van der Waals surface area contributed by atoms with E-state index in [1.807, 2.05) is 4.57 Å². The summed E-state index contributed by atoms with van der Waals surface area (Å²) in [5.74, 6) is -0.796. The van der Waals surface area contributed by atoms with Crippen LogP contribution in [-0.2, 0) is 12.7 Å². The maximum absolute atomic E-state index is 12.8. The minimum absolute atomic E-state index is 0.0514. The third-order valence-electron chi connectivity index (χ3n) is 3.13. The molecule has 0 atom stereocenters. The third kappa shape index (κ3) is 3.55. The van der Waals surface area contributed by atoms with E-state index in [4.69, 9.17) is 0 Å². The van der Waals surface area contributed by atoms with E-state index in [2.05, 4.69) is 30.8 Å². The van der Waals surface area contributed by atoms with Crippen molar-refractivity contribution in [2.24, 2.45) is 0 Å². The minimum Gasteiger partial charge on any atom is -0.369 e. The summed E-state index contributed by atoms with van der Waals surface area (Å²) in [6.45, 7) is 1.37. The van der Waals surface area contributed by atoms with Crippen LogP contribution in [0.15, 0.2) is 24.8 Å². The van der Waals surface area contributed by atoms with Gasteiger partial charge in [0.05, 0.1) is 0 Å². The molecule has 11 heteroatoms. The van der Waals surface area contributed by atoms with Crippen molar-refractivity contribution in [3.05, 3.63) is 30.6 Å². The lowest BCUT2D eigenvalue weighted by Gasteiger charge is -2.07. The van der Waals surface area contributed by atoms with E-state index in [9.17, 15) is 13.2 Å². The molecule has 0 radical (unpaired) electrons. The standard InChI is InChI=1S/C12H13F3N8/c13-12(14,15)11-20-19-10-4-3-9(21-23(10)11)16-5-1-2-6-22-7-17-18-8-22/h3-4,7-8H,1-2,5-6H2,(H,16,21). The summed E-state index contributed by atoms with van der Waals surface area (Å²) in [5, 5.41) is 20.9. The number of anilines is 1. The van der Waals surface area contributed by atoms with Crippen LogP contribution in [0.5, 0.6) is 0 Å². The molecule has 0 unspecified atom stereocenters. The Balaban J connectivity index is 1.57. The van der Waals surface area contributed by atoms with Crippen molar-refractivity contribution in [1.82, 2.24) is 34.6 Å². The van der Waals surface area contributed by atoms with E-state index in [0.29, 0.717) is 16.9 Å². The summed E-state index contributed by atoms with van der Waals surface area (Å²) in [6, 6.07) is 3.01. The first-order valence-electron chi connectivity index (χ1n) is 6.90. The second kappa shape index (κ2) is 6.18. The number of aryl methyl sites for hydroxylation is 1. The van der Waals surface area contributed by atoms with E-state index in [0.717, 1.165) is 19.4 Å². The molecule has 8 nitrogen and oxygen atoms in total. The van der Waals surface area contributed by atoms with Gasteiger partial charge in [0.25, 0.3) is 5.82 Å². The average Bonchev–Trinajstić information content (AvgIpc) is 3.14. The SMILES string of the molecule is FC(F)(F)c1nnc2ccc(NCCCCn3cnnc3)nn12. The number of hydrogen-bond donors (Lipinski definition) is 1. The first kappa shape index (κ1) is 15.2. The number of rotatable bonds is 6. The molecule has 0 aliphatic carbocycles. The summed E-state index contributed by atoms with van der Waals surface area (Å²) in [4.78, 5) is 0. The van der Waals surface area contributed by atoms with Gasteiger partial charge in [-0.3, -0.25) is 0 Å². The highest BCUT2D eigenvalue weighted by Crippen LogP contribution is 2.27. The Bertz CT molecular complexity index is 764. The highest BCUT2D eigenvalue weighted by atomic mass is 19.4. The molecule has 0 fully saturated rings. The molecular weight excluding hydrogens is 313 g/mol. The second-order valence-corrected chi connectivity index (χ2v) is 4.84. The van der Waals surface area contributed by atoms with Crippen molar-refractivity contribution in [2.45, 2.75) is 25.6 Å². The molecule has 0 aliphatic heterocycles. The van der Waals surface area contributed by atoms with Crippen molar-refractivity contribution < 1.29 is 13.2 Å². The van der Waals surface area contributed by atoms with Crippen molar-refractivity contribution in [3.63, 3.8) is 0 Å². The molecule has 3 aromatic heterocycles. The lowest BCUT2D eigenvalue weighted by molar-refractivity contribution is -0.146. The van der Waals surface area contributed by atoms with Crippen molar-refractivity contribution in [2.75, 3.05) is 11.9 Å². The first-order valence-corrected chi connectivity index (χ1v) is 6.90. The molecule has 0 saturated heterocycles. The number of nitrogens with one attached hydrogen (secondary N) is 1. The number of halogens is 3. The van der Waals surface area contributed by atoms with E-state index in [1.165, 1.54) is 6.07 Å². The van der Waals surface area contributed by atoms with Gasteiger partial charge in [-0.2, -0.15) is 17.7 Å². The Labute approximate surface area is 128 Å². The molecule has 0 amide bonds. The van der Waals surface area contributed by atoms with Gasteiger partial charge in [0.2, 0.25) is 0 Å². The fourth-order valence-electron chi connectivity index (χ4n) is 2.03. The van der Waals surface area contributed by atoms with Gasteiger partial charge >= 0.3 is 6.18 Å². The maximum atomic E-state index is 12.8. The maximum Gasteiger partial charge on any atom is 0.453 e. The summed E-state index contributed by atoms with van der Waals surface area (Å²) < 4.78 is 40.9. The van der Waals surface area contributed by atoms with E-state index < -0.39 is 12.0 Å². The lowest BCUT2D eigenvalue weighted by Crippen LogP contribution is -2.14. The number of aromatic nitrogens is 7. The Morgan fingerprint density at radius 2 is 1.83 bits per heavy atom. The normalized spacial score (nSPS) is 12.0. The summed E-state index contributed by atoms with van der Waals surface area (Å²) in [5.41, 5.74) is 0.0514. The molecule has 0 aliphatic rings. The van der Waals surface area contributed by atoms with Crippen LogP contribution in [0.1, 0.15) is 18.7 Å². The molecule has 23 heavy (non-hydrogen) atoms. The predicted molar refractivity (Wildman–Crippen MR) is 73.5 cm³/mol. The fourth-order valence-corrected chi connectivity index (χ4v) is 2.03. The molecule has 1 N–H and O–H groups in total. The fraction of sp³-hybridized carbons (Fsp3) is 0.417. The zero-order valence-corrected chi connectivity index (χ0v) is 11.9. The van der Waals surface area contributed by atoms with Gasteiger partial charge in [-0.05, 0) is 25.0 Å². The first-order chi connectivity index (χ1) is 11.0. The van der Waals surface area contributed by atoms with Crippen molar-refractivity contribution >= 4 is 11.5 Å². The van der Waals surface area contributed by atoms with Crippen LogP contribution in [0.2, 0.25) is 0 Å². The zero-order chi connectivity index (χ0) is 16.3. The molecule has 3 aromatic rings. The monoisotopic (exact) mass is 326 g/mol. The van der Waals surface area contributed by atoms with Gasteiger partial charge in [-0.15, -0.1) is 25.5 Å². The lowest BCUT2D eigenvalue weighted by atomic mass is 10.3. The van der Waals surface area contributed by atoms with E-state index in [1.54, 1.807) is 18.7 Å². The summed E-state index contributed by atoms with van der Waals surface area (Å²) >= 11 is 0. The van der Waals surface area contributed by atoms with Crippen LogP contribution in [0, 0.1) is 0 Å². The van der Waals surface area contributed by atoms with Crippen LogP contribution in [0.4, 0.5) is 19.0 Å². The van der Waals surface area contributed by atoms with Gasteiger partial charge in [0, 0.05) is 13.1 Å². The highest BCUT2D eigenvalue weighted by Gasteiger charge is 2.37. The summed E-state index contributed by atoms with van der Waals surface area (Å²) in [6.07, 6.45) is 0.380. The van der Waals surface area contributed by atoms with Crippen LogP contribution in [0.3, 0.4) is 0 Å². The Hall–Kier alpha value is -2.72. The number of alkyl halides is 3. The average molecular weight is 326 g/mol. The van der Waals surface area contributed by atoms with Gasteiger partial charge in [-0.1, -0.05) is 0 Å². The largest absolute Gasteiger partial charge is 0.453 e. The molecule has 0 saturated carbocycles. The van der Waals surface area contributed by atoms with Crippen LogP contribution >= 0.6 is 0 Å². The quantitative estimate of drug-likeness (QED) is 0.693. The Kier molecular flexibility index (Phi) is 4.08. The van der Waals surface area contributed by atoms with E-state index in [-0.39, 0.29) is 5.65 Å². The number of nitrogens with zero attached hydrogens (tertiary/aromatic N) is 7. The Morgan fingerprint density at radius 1 is 1.04 bits per heavy atom. The molecule has 3 heterocycles. The van der Waals surface area contributed by atoms with Gasteiger partial charge in [0.15, 0.2) is 5.65 Å². The molecule has 0 bridgehead atoms. The molecule has 3 rings (SSSR count). The highest BCUT2D eigenvalue weighted by molar-refractivity contribution is 5.44. The van der Waals surface area contributed by atoms with Crippen LogP contribution in [-0.4, -0.2) is 41.1 Å². The number of unbranched alkanes of at least 4 members (excludes halogenated alkanes) is 1. The second-order valence-electron chi connectivity index (χ2n) is 4.84. The topological polar surface area (TPSA) is 85.8 Å². The Morgan fingerprint density at radius 3 is 2.57 bits per heavy atom. The molecule has 122 valence electrons. The van der Waals surface area contributed by atoms with Gasteiger partial charge in [0.1, 0.15) is 18.5 Å². The summed E-state index contributed by atoms with van der Waals surface area (Å²) in [7, 11) is 0. The molecule has 0 spiro atoms. The van der Waals surface area contributed by atoms with Crippen LogP contribution in [0.25, 0.3) is 5.65 Å². The van der Waals surface area contributed by atoms with Gasteiger partial charge < -0.3 is 9.88 Å². The van der Waals surface area contributed by atoms with Crippen molar-refractivity contribution in [3.8, 4) is 0 Å². The van der Waals surface area contributed by atoms with Gasteiger partial charge in [-0.25, -0.2) is 0 Å².